The molecular formula is C11H11FN4O2S. The number of nitrogens with one attached hydrogen (secondary N) is 1. The van der Waals surface area contributed by atoms with E-state index in [-0.39, 0.29) is 17.2 Å². The van der Waals surface area contributed by atoms with Gasteiger partial charge in [-0.2, -0.15) is 0 Å². The normalized spacial score (nSPS) is 11.3. The lowest BCUT2D eigenvalue weighted by molar-refractivity contribution is 0.565. The molecule has 0 saturated carbocycles. The molecule has 0 fully saturated rings. The predicted molar refractivity (Wildman–Crippen MR) is 68.4 cm³/mol. The van der Waals surface area contributed by atoms with Crippen LogP contribution in [0.5, 0.6) is 0 Å². The molecular weight excluding hydrogens is 271 g/mol. The molecule has 19 heavy (non-hydrogen) atoms. The van der Waals surface area contributed by atoms with Gasteiger partial charge >= 0.3 is 0 Å². The van der Waals surface area contributed by atoms with Gasteiger partial charge in [-0.15, -0.1) is 0 Å². The smallest absolute Gasteiger partial charge is 0.267 e. The molecule has 0 aliphatic carbocycles. The topological polar surface area (TPSA) is 98.0 Å². The lowest BCUT2D eigenvalue weighted by Gasteiger charge is -2.09. The molecule has 1 heterocycles. The van der Waals surface area contributed by atoms with Gasteiger partial charge in [-0.1, -0.05) is 0 Å². The highest BCUT2D eigenvalue weighted by Gasteiger charge is 2.22. The van der Waals surface area contributed by atoms with E-state index < -0.39 is 20.7 Å². The number of sulfonamides is 1. The molecule has 0 unspecified atom stereocenters. The maximum absolute atomic E-state index is 13.9. The highest BCUT2D eigenvalue weighted by molar-refractivity contribution is 7.92. The van der Waals surface area contributed by atoms with Crippen molar-refractivity contribution in [1.82, 2.24) is 9.97 Å². The van der Waals surface area contributed by atoms with E-state index in [1.807, 2.05) is 0 Å². The minimum absolute atomic E-state index is 0.137. The summed E-state index contributed by atoms with van der Waals surface area (Å²) in [6, 6.07) is 3.93. The number of aryl methyl sites for hydroxylation is 1. The molecule has 0 atom stereocenters. The van der Waals surface area contributed by atoms with E-state index in [4.69, 9.17) is 5.73 Å². The Labute approximate surface area is 109 Å². The molecule has 0 spiro atoms. The molecule has 0 bridgehead atoms. The minimum Gasteiger partial charge on any atom is -0.399 e. The molecule has 8 heteroatoms. The molecule has 1 aromatic carbocycles. The number of aromatic nitrogens is 2. The fourth-order valence-electron chi connectivity index (χ4n) is 1.49. The Morgan fingerprint density at radius 2 is 1.89 bits per heavy atom. The largest absolute Gasteiger partial charge is 0.399 e. The maximum atomic E-state index is 13.9. The number of hydrogen-bond acceptors (Lipinski definition) is 5. The number of nitrogens with zero attached hydrogens (tertiary/aromatic N) is 2. The molecule has 0 saturated heterocycles. The SMILES string of the molecule is Cc1cc(N)cc(S(=O)(=O)Nc2ncccn2)c1F. The van der Waals surface area contributed by atoms with Crippen LogP contribution in [-0.2, 0) is 10.0 Å². The van der Waals surface area contributed by atoms with Crippen molar-refractivity contribution >= 4 is 21.7 Å². The van der Waals surface area contributed by atoms with E-state index in [2.05, 4.69) is 14.7 Å². The zero-order chi connectivity index (χ0) is 14.0. The number of hydrogen-bond donors (Lipinski definition) is 2. The van der Waals surface area contributed by atoms with E-state index in [0.717, 1.165) is 6.07 Å². The number of halogens is 1. The summed E-state index contributed by atoms with van der Waals surface area (Å²) in [6.45, 7) is 1.43. The van der Waals surface area contributed by atoms with Crippen molar-refractivity contribution in [2.75, 3.05) is 10.5 Å². The third-order valence-corrected chi connectivity index (χ3v) is 3.65. The second kappa shape index (κ2) is 4.81. The average molecular weight is 282 g/mol. The van der Waals surface area contributed by atoms with Crippen LogP contribution in [0.3, 0.4) is 0 Å². The quantitative estimate of drug-likeness (QED) is 0.827. The Hall–Kier alpha value is -2.22. The Morgan fingerprint density at radius 1 is 1.26 bits per heavy atom. The van der Waals surface area contributed by atoms with Gasteiger partial charge in [0.15, 0.2) is 0 Å². The van der Waals surface area contributed by atoms with Gasteiger partial charge in [0.1, 0.15) is 10.7 Å². The van der Waals surface area contributed by atoms with Crippen molar-refractivity contribution in [3.05, 3.63) is 42.0 Å². The lowest BCUT2D eigenvalue weighted by Crippen LogP contribution is -2.17. The first-order valence-electron chi connectivity index (χ1n) is 5.25. The Kier molecular flexibility index (Phi) is 3.34. The van der Waals surface area contributed by atoms with E-state index in [1.54, 1.807) is 0 Å². The van der Waals surface area contributed by atoms with Gasteiger partial charge in [-0.25, -0.2) is 27.5 Å². The summed E-state index contributed by atoms with van der Waals surface area (Å²) in [4.78, 5) is 6.89. The van der Waals surface area contributed by atoms with Gasteiger partial charge in [-0.3, -0.25) is 0 Å². The summed E-state index contributed by atoms with van der Waals surface area (Å²) in [7, 11) is -4.12. The van der Waals surface area contributed by atoms with Crippen LogP contribution in [0.25, 0.3) is 0 Å². The van der Waals surface area contributed by atoms with Gasteiger partial charge in [0, 0.05) is 18.1 Å². The number of rotatable bonds is 3. The molecule has 0 aliphatic rings. The van der Waals surface area contributed by atoms with Gasteiger partial charge in [0.05, 0.1) is 0 Å². The van der Waals surface area contributed by atoms with Gasteiger partial charge in [0.25, 0.3) is 10.0 Å². The molecule has 0 aliphatic heterocycles. The van der Waals surface area contributed by atoms with Crippen molar-refractivity contribution in [3.8, 4) is 0 Å². The number of anilines is 2. The lowest BCUT2D eigenvalue weighted by atomic mass is 10.2. The van der Waals surface area contributed by atoms with Crippen molar-refractivity contribution in [3.63, 3.8) is 0 Å². The van der Waals surface area contributed by atoms with Crippen molar-refractivity contribution in [2.24, 2.45) is 0 Å². The maximum Gasteiger partial charge on any atom is 0.267 e. The van der Waals surface area contributed by atoms with Crippen LogP contribution >= 0.6 is 0 Å². The van der Waals surface area contributed by atoms with E-state index in [1.165, 1.54) is 31.5 Å². The first-order valence-corrected chi connectivity index (χ1v) is 6.74. The Morgan fingerprint density at radius 3 is 2.53 bits per heavy atom. The van der Waals surface area contributed by atoms with E-state index in [9.17, 15) is 12.8 Å². The van der Waals surface area contributed by atoms with Crippen molar-refractivity contribution in [1.29, 1.82) is 0 Å². The molecule has 1 aromatic heterocycles. The second-order valence-corrected chi connectivity index (χ2v) is 5.48. The van der Waals surface area contributed by atoms with Gasteiger partial charge in [0.2, 0.25) is 5.95 Å². The van der Waals surface area contributed by atoms with Crippen LogP contribution < -0.4 is 10.5 Å². The van der Waals surface area contributed by atoms with E-state index >= 15 is 0 Å². The van der Waals surface area contributed by atoms with Crippen LogP contribution in [0, 0.1) is 12.7 Å². The molecule has 100 valence electrons. The van der Waals surface area contributed by atoms with Crippen LogP contribution in [0.1, 0.15) is 5.56 Å². The number of benzene rings is 1. The van der Waals surface area contributed by atoms with Crippen LogP contribution in [0.15, 0.2) is 35.5 Å². The molecule has 3 N–H and O–H groups in total. The van der Waals surface area contributed by atoms with E-state index in [0.29, 0.717) is 0 Å². The first kappa shape index (κ1) is 13.2. The number of nitrogen functional groups attached to an aromatic ring is 1. The standard InChI is InChI=1S/C11H11FN4O2S/c1-7-5-8(13)6-9(10(7)12)19(17,18)16-11-14-3-2-4-15-11/h2-6H,13H2,1H3,(H,14,15,16). The zero-order valence-electron chi connectivity index (χ0n) is 9.96. The highest BCUT2D eigenvalue weighted by Crippen LogP contribution is 2.22. The summed E-state index contributed by atoms with van der Waals surface area (Å²) in [5.41, 5.74) is 5.84. The average Bonchev–Trinajstić information content (AvgIpc) is 2.34. The first-order chi connectivity index (χ1) is 8.90. The summed E-state index contributed by atoms with van der Waals surface area (Å²) in [5.74, 6) is -0.986. The van der Waals surface area contributed by atoms with Crippen LogP contribution in [0.4, 0.5) is 16.0 Å². The highest BCUT2D eigenvalue weighted by atomic mass is 32.2. The zero-order valence-corrected chi connectivity index (χ0v) is 10.8. The summed E-state index contributed by atoms with van der Waals surface area (Å²) < 4.78 is 40.0. The monoisotopic (exact) mass is 282 g/mol. The molecule has 0 radical (unpaired) electrons. The molecule has 2 rings (SSSR count). The van der Waals surface area contributed by atoms with Crippen molar-refractivity contribution in [2.45, 2.75) is 11.8 Å². The number of nitrogens with two attached hydrogens (primary N) is 1. The molecule has 2 aromatic rings. The van der Waals surface area contributed by atoms with Crippen LogP contribution in [0.2, 0.25) is 0 Å². The van der Waals surface area contributed by atoms with Crippen LogP contribution in [-0.4, -0.2) is 18.4 Å². The van der Waals surface area contributed by atoms with Gasteiger partial charge < -0.3 is 5.73 Å². The third-order valence-electron chi connectivity index (χ3n) is 2.32. The summed E-state index contributed by atoms with van der Waals surface area (Å²) in [6.07, 6.45) is 2.73. The predicted octanol–water partition coefficient (Wildman–Crippen LogP) is 1.31. The summed E-state index contributed by atoms with van der Waals surface area (Å²) >= 11 is 0. The molecule has 0 amide bonds. The third kappa shape index (κ3) is 2.79. The fourth-order valence-corrected chi connectivity index (χ4v) is 2.63. The fraction of sp³-hybridized carbons (Fsp3) is 0.0909. The second-order valence-electron chi connectivity index (χ2n) is 3.83. The Balaban J connectivity index is 2.46. The molecule has 6 nitrogen and oxygen atoms in total. The van der Waals surface area contributed by atoms with Crippen molar-refractivity contribution < 1.29 is 12.8 Å². The summed E-state index contributed by atoms with van der Waals surface area (Å²) in [5, 5.41) is 0. The van der Waals surface area contributed by atoms with Gasteiger partial charge in [-0.05, 0) is 30.7 Å². The minimum atomic E-state index is -4.12. The Bertz CT molecular complexity index is 704.